The molecule has 2 N–H and O–H groups in total. The van der Waals surface area contributed by atoms with Crippen molar-refractivity contribution in [2.24, 2.45) is 0 Å². The van der Waals surface area contributed by atoms with Crippen molar-refractivity contribution in [1.82, 2.24) is 24.9 Å². The van der Waals surface area contributed by atoms with Crippen molar-refractivity contribution in [2.75, 3.05) is 30.4 Å². The number of methoxy groups -OCH3 is 1. The van der Waals surface area contributed by atoms with Crippen LogP contribution in [0.4, 0.5) is 17.5 Å². The number of aromatic nitrogens is 5. The van der Waals surface area contributed by atoms with Crippen molar-refractivity contribution in [3.63, 3.8) is 0 Å². The zero-order valence-electron chi connectivity index (χ0n) is 17.0. The number of nitrogens with zero attached hydrogens (tertiary/aromatic N) is 5. The van der Waals surface area contributed by atoms with Gasteiger partial charge in [0.15, 0.2) is 0 Å². The summed E-state index contributed by atoms with van der Waals surface area (Å²) >= 11 is 0. The lowest BCUT2D eigenvalue weighted by atomic mass is 10.2. The fourth-order valence-electron chi connectivity index (χ4n) is 3.34. The molecule has 10 heteroatoms. The summed E-state index contributed by atoms with van der Waals surface area (Å²) in [5.74, 6) is 1.53. The van der Waals surface area contributed by atoms with E-state index in [2.05, 4.69) is 35.1 Å². The summed E-state index contributed by atoms with van der Waals surface area (Å²) in [5.41, 5.74) is 1.39. The van der Waals surface area contributed by atoms with Crippen LogP contribution in [0.1, 0.15) is 13.8 Å². The fraction of sp³-hybridized carbons (Fsp3) is 0.350. The summed E-state index contributed by atoms with van der Waals surface area (Å²) in [7, 11) is 1.53. The molecule has 0 amide bonds. The second kappa shape index (κ2) is 8.46. The van der Waals surface area contributed by atoms with E-state index in [0.717, 1.165) is 0 Å². The maximum Gasteiger partial charge on any atom is 0.271 e. The lowest BCUT2D eigenvalue weighted by Gasteiger charge is -2.35. The zero-order chi connectivity index (χ0) is 21.1. The van der Waals surface area contributed by atoms with Gasteiger partial charge in [-0.2, -0.15) is 4.98 Å². The fourth-order valence-corrected chi connectivity index (χ4v) is 3.34. The highest BCUT2D eigenvalue weighted by Crippen LogP contribution is 2.21. The molecule has 10 nitrogen and oxygen atoms in total. The summed E-state index contributed by atoms with van der Waals surface area (Å²) < 4.78 is 10.8. The van der Waals surface area contributed by atoms with Crippen LogP contribution in [-0.4, -0.2) is 57.3 Å². The quantitative estimate of drug-likeness (QED) is 0.652. The molecule has 0 bridgehead atoms. The van der Waals surface area contributed by atoms with E-state index in [1.807, 2.05) is 13.8 Å². The number of anilines is 3. The number of aromatic amines is 1. The maximum absolute atomic E-state index is 12.3. The summed E-state index contributed by atoms with van der Waals surface area (Å²) in [6.45, 7) is 5.47. The standard InChI is InChI=1S/C20H23N7O3/c1-12-10-27(11-13(2)30-12)20-21-5-4-17(26-20)25-15-6-14(7-24-19(15)28)16-8-23-18(29-3)9-22-16/h4-9,12-13H,10-11H2,1-3H3,(H,24,28)(H,21,25,26)/t12-,13+. The number of nitrogens with one attached hydrogen (secondary N) is 2. The normalized spacial score (nSPS) is 18.8. The molecule has 2 atom stereocenters. The predicted octanol–water partition coefficient (Wildman–Crippen LogP) is 1.99. The van der Waals surface area contributed by atoms with Crippen molar-refractivity contribution >= 4 is 17.5 Å². The highest BCUT2D eigenvalue weighted by Gasteiger charge is 2.24. The second-order valence-electron chi connectivity index (χ2n) is 7.10. The number of ether oxygens (including phenoxy) is 2. The number of H-pyrrole nitrogens is 1. The molecular weight excluding hydrogens is 386 g/mol. The van der Waals surface area contributed by atoms with Gasteiger partial charge >= 0.3 is 0 Å². The summed E-state index contributed by atoms with van der Waals surface area (Å²) in [6, 6.07) is 3.42. The van der Waals surface area contributed by atoms with Crippen LogP contribution < -0.4 is 20.5 Å². The molecule has 30 heavy (non-hydrogen) atoms. The summed E-state index contributed by atoms with van der Waals surface area (Å²) in [6.07, 6.45) is 6.56. The third-order valence-corrected chi connectivity index (χ3v) is 4.64. The molecule has 4 rings (SSSR count). The summed E-state index contributed by atoms with van der Waals surface area (Å²) in [4.78, 5) is 34.6. The van der Waals surface area contributed by atoms with Gasteiger partial charge < -0.3 is 24.7 Å². The molecule has 3 aromatic rings. The van der Waals surface area contributed by atoms with Crippen LogP contribution in [0.25, 0.3) is 11.3 Å². The van der Waals surface area contributed by atoms with Gasteiger partial charge in [-0.3, -0.25) is 4.79 Å². The third kappa shape index (κ3) is 4.38. The van der Waals surface area contributed by atoms with Gasteiger partial charge in [0, 0.05) is 31.0 Å². The average Bonchev–Trinajstić information content (AvgIpc) is 2.75. The third-order valence-electron chi connectivity index (χ3n) is 4.64. The van der Waals surface area contributed by atoms with E-state index >= 15 is 0 Å². The van der Waals surface area contributed by atoms with E-state index in [0.29, 0.717) is 47.7 Å². The van der Waals surface area contributed by atoms with Crippen LogP contribution in [0.15, 0.2) is 41.7 Å². The first-order chi connectivity index (χ1) is 14.5. The topological polar surface area (TPSA) is 118 Å². The highest BCUT2D eigenvalue weighted by molar-refractivity contribution is 5.66. The molecule has 4 heterocycles. The van der Waals surface area contributed by atoms with Crippen molar-refractivity contribution < 1.29 is 9.47 Å². The molecule has 3 aromatic heterocycles. The highest BCUT2D eigenvalue weighted by atomic mass is 16.5. The molecule has 1 fully saturated rings. The van der Waals surface area contributed by atoms with Gasteiger partial charge in [0.25, 0.3) is 5.56 Å². The van der Waals surface area contributed by atoms with Crippen molar-refractivity contribution in [3.8, 4) is 17.1 Å². The molecule has 1 saturated heterocycles. The number of morpholine rings is 1. The van der Waals surface area contributed by atoms with E-state index in [1.54, 1.807) is 30.7 Å². The number of rotatable bonds is 5. The summed E-state index contributed by atoms with van der Waals surface area (Å²) in [5, 5.41) is 3.08. The van der Waals surface area contributed by atoms with Gasteiger partial charge in [-0.15, -0.1) is 0 Å². The predicted molar refractivity (Wildman–Crippen MR) is 112 cm³/mol. The number of hydrogen-bond acceptors (Lipinski definition) is 9. The van der Waals surface area contributed by atoms with Gasteiger partial charge in [0.05, 0.1) is 37.4 Å². The van der Waals surface area contributed by atoms with E-state index in [4.69, 9.17) is 9.47 Å². The smallest absolute Gasteiger partial charge is 0.271 e. The van der Waals surface area contributed by atoms with E-state index in [1.165, 1.54) is 13.3 Å². The van der Waals surface area contributed by atoms with Crippen molar-refractivity contribution in [1.29, 1.82) is 0 Å². The molecule has 0 aliphatic carbocycles. The molecule has 156 valence electrons. The molecule has 0 spiro atoms. The Bertz CT molecular complexity index is 1060. The van der Waals surface area contributed by atoms with Crippen molar-refractivity contribution in [2.45, 2.75) is 26.1 Å². The first-order valence-electron chi connectivity index (χ1n) is 9.61. The number of pyridine rings is 1. The van der Waals surface area contributed by atoms with Crippen LogP contribution in [0.3, 0.4) is 0 Å². The van der Waals surface area contributed by atoms with Crippen LogP contribution in [0.5, 0.6) is 5.88 Å². The van der Waals surface area contributed by atoms with Gasteiger partial charge in [0.2, 0.25) is 11.8 Å². The number of hydrogen-bond donors (Lipinski definition) is 2. The van der Waals surface area contributed by atoms with Gasteiger partial charge in [0.1, 0.15) is 11.5 Å². The minimum Gasteiger partial charge on any atom is -0.480 e. The molecule has 0 radical (unpaired) electrons. The van der Waals surface area contributed by atoms with Crippen LogP contribution in [0.2, 0.25) is 0 Å². The molecule has 0 aromatic carbocycles. The Kier molecular flexibility index (Phi) is 5.57. The molecule has 1 aliphatic rings. The minimum atomic E-state index is -0.269. The Hall–Kier alpha value is -3.53. The van der Waals surface area contributed by atoms with Gasteiger partial charge in [-0.25, -0.2) is 15.0 Å². The SMILES string of the molecule is COc1cnc(-c2c[nH]c(=O)c(Nc3ccnc(N4C[C@@H](C)O[C@@H](C)C4)n3)c2)cn1. The second-order valence-corrected chi connectivity index (χ2v) is 7.10. The average molecular weight is 409 g/mol. The lowest BCUT2D eigenvalue weighted by molar-refractivity contribution is -0.00571. The Morgan fingerprint density at radius 1 is 1.20 bits per heavy atom. The molecule has 0 unspecified atom stereocenters. The minimum absolute atomic E-state index is 0.0964. The van der Waals surface area contributed by atoms with Crippen LogP contribution in [0, 0.1) is 0 Å². The molecular formula is C20H23N7O3. The monoisotopic (exact) mass is 409 g/mol. The van der Waals surface area contributed by atoms with Gasteiger partial charge in [-0.1, -0.05) is 0 Å². The molecule has 1 aliphatic heterocycles. The Labute approximate surface area is 173 Å². The maximum atomic E-state index is 12.3. The molecule has 0 saturated carbocycles. The zero-order valence-corrected chi connectivity index (χ0v) is 17.0. The Morgan fingerprint density at radius 3 is 2.70 bits per heavy atom. The largest absolute Gasteiger partial charge is 0.480 e. The van der Waals surface area contributed by atoms with E-state index in [9.17, 15) is 4.79 Å². The first-order valence-corrected chi connectivity index (χ1v) is 9.61. The van der Waals surface area contributed by atoms with Gasteiger partial charge in [-0.05, 0) is 26.0 Å². The Balaban J connectivity index is 1.57. The lowest BCUT2D eigenvalue weighted by Crippen LogP contribution is -2.46. The van der Waals surface area contributed by atoms with Crippen LogP contribution >= 0.6 is 0 Å². The van der Waals surface area contributed by atoms with E-state index < -0.39 is 0 Å². The Morgan fingerprint density at radius 2 is 2.00 bits per heavy atom. The van der Waals surface area contributed by atoms with E-state index in [-0.39, 0.29) is 17.8 Å². The van der Waals surface area contributed by atoms with Crippen molar-refractivity contribution in [3.05, 3.63) is 47.3 Å². The van der Waals surface area contributed by atoms with Crippen LogP contribution in [-0.2, 0) is 4.74 Å². The first kappa shape index (κ1) is 19.8.